The normalized spacial score (nSPS) is 28.1. The van der Waals surface area contributed by atoms with Crippen LogP contribution in [0.1, 0.15) is 19.5 Å². The summed E-state index contributed by atoms with van der Waals surface area (Å²) in [6.07, 6.45) is 1.49. The van der Waals surface area contributed by atoms with E-state index in [-0.39, 0.29) is 11.6 Å². The summed E-state index contributed by atoms with van der Waals surface area (Å²) in [5.74, 6) is 0. The third kappa shape index (κ3) is 1.86. The van der Waals surface area contributed by atoms with Crippen LogP contribution in [0.25, 0.3) is 0 Å². The van der Waals surface area contributed by atoms with E-state index in [0.717, 1.165) is 13.1 Å². The van der Waals surface area contributed by atoms with Crippen LogP contribution >= 0.6 is 0 Å². The number of alkyl carbamates (subject to hydrolysis) is 1. The molecule has 18 heavy (non-hydrogen) atoms. The van der Waals surface area contributed by atoms with Gasteiger partial charge in [-0.2, -0.15) is 5.10 Å². The molecule has 6 nitrogen and oxygen atoms in total. The summed E-state index contributed by atoms with van der Waals surface area (Å²) in [4.78, 5) is 13.7. The lowest BCUT2D eigenvalue weighted by Crippen LogP contribution is -2.54. The molecule has 1 N–H and O–H groups in total. The Morgan fingerprint density at radius 2 is 2.33 bits per heavy atom. The Hall–Kier alpha value is -1.56. The van der Waals surface area contributed by atoms with Gasteiger partial charge in [-0.25, -0.2) is 4.79 Å². The summed E-state index contributed by atoms with van der Waals surface area (Å²) in [7, 11) is 0. The van der Waals surface area contributed by atoms with Crippen LogP contribution in [0.5, 0.6) is 0 Å². The summed E-state index contributed by atoms with van der Waals surface area (Å²) in [6.45, 7) is 7.06. The highest BCUT2D eigenvalue weighted by Crippen LogP contribution is 2.24. The van der Waals surface area contributed by atoms with Crippen molar-refractivity contribution in [1.82, 2.24) is 20.0 Å². The monoisotopic (exact) mass is 250 g/mol. The second-order valence-corrected chi connectivity index (χ2v) is 5.46. The highest BCUT2D eigenvalue weighted by Gasteiger charge is 2.44. The first-order valence-electron chi connectivity index (χ1n) is 6.28. The lowest BCUT2D eigenvalue weighted by Gasteiger charge is -2.32. The Morgan fingerprint density at radius 3 is 3.00 bits per heavy atom. The Balaban J connectivity index is 1.95. The first-order chi connectivity index (χ1) is 8.58. The van der Waals surface area contributed by atoms with E-state index < -0.39 is 0 Å². The highest BCUT2D eigenvalue weighted by atomic mass is 16.6. The molecule has 0 aromatic carbocycles. The molecule has 0 saturated carbocycles. The molecule has 1 spiro atoms. The molecule has 2 aliphatic rings. The van der Waals surface area contributed by atoms with Gasteiger partial charge in [0.2, 0.25) is 0 Å². The maximum absolute atomic E-state index is 11.4. The van der Waals surface area contributed by atoms with E-state index in [1.807, 2.05) is 16.9 Å². The maximum atomic E-state index is 11.4. The number of carbonyl (C=O) groups is 1. The first-order valence-corrected chi connectivity index (χ1v) is 6.28. The van der Waals surface area contributed by atoms with E-state index >= 15 is 0 Å². The maximum Gasteiger partial charge on any atom is 0.407 e. The Labute approximate surface area is 106 Å². The molecule has 1 fully saturated rings. The number of hydrogen-bond donors (Lipinski definition) is 1. The van der Waals surface area contributed by atoms with Crippen LogP contribution in [0, 0.1) is 0 Å². The van der Waals surface area contributed by atoms with Crippen molar-refractivity contribution in [1.29, 1.82) is 0 Å². The van der Waals surface area contributed by atoms with Gasteiger partial charge in [0.15, 0.2) is 0 Å². The quantitative estimate of drug-likeness (QED) is 0.792. The predicted octanol–water partition coefficient (Wildman–Crippen LogP) is 0.586. The molecule has 1 unspecified atom stereocenters. The third-order valence-electron chi connectivity index (χ3n) is 3.70. The molecule has 1 aromatic heterocycles. The van der Waals surface area contributed by atoms with Crippen LogP contribution in [0.3, 0.4) is 0 Å². The van der Waals surface area contributed by atoms with Crippen LogP contribution in [0.15, 0.2) is 12.3 Å². The van der Waals surface area contributed by atoms with Gasteiger partial charge in [0, 0.05) is 25.3 Å². The van der Waals surface area contributed by atoms with E-state index in [9.17, 15) is 4.79 Å². The molecule has 0 bridgehead atoms. The van der Waals surface area contributed by atoms with E-state index in [1.165, 1.54) is 5.69 Å². The minimum atomic E-state index is -0.349. The number of nitrogens with one attached hydrogen (secondary N) is 1. The van der Waals surface area contributed by atoms with Gasteiger partial charge in [-0.15, -0.1) is 0 Å². The van der Waals surface area contributed by atoms with Crippen molar-refractivity contribution in [3.8, 4) is 0 Å². The van der Waals surface area contributed by atoms with Crippen molar-refractivity contribution in [2.24, 2.45) is 0 Å². The Morgan fingerprint density at radius 1 is 1.50 bits per heavy atom. The Kier molecular flexibility index (Phi) is 2.55. The number of carbonyl (C=O) groups excluding carboxylic acids is 1. The van der Waals surface area contributed by atoms with Gasteiger partial charge in [-0.1, -0.05) is 0 Å². The van der Waals surface area contributed by atoms with Gasteiger partial charge in [-0.3, -0.25) is 9.58 Å². The molecule has 0 aliphatic carbocycles. The molecule has 0 radical (unpaired) electrons. The van der Waals surface area contributed by atoms with Crippen LogP contribution < -0.4 is 5.32 Å². The fraction of sp³-hybridized carbons (Fsp3) is 0.667. The molecule has 1 amide bonds. The van der Waals surface area contributed by atoms with E-state index in [0.29, 0.717) is 19.2 Å². The molecule has 1 atom stereocenters. The number of rotatable bonds is 1. The zero-order chi connectivity index (χ0) is 12.8. The van der Waals surface area contributed by atoms with Gasteiger partial charge in [0.05, 0.1) is 12.2 Å². The molecule has 1 saturated heterocycles. The zero-order valence-electron chi connectivity index (χ0n) is 10.7. The van der Waals surface area contributed by atoms with E-state index in [1.54, 1.807) is 0 Å². The van der Waals surface area contributed by atoms with Crippen LogP contribution in [0.2, 0.25) is 0 Å². The summed E-state index contributed by atoms with van der Waals surface area (Å²) in [5.41, 5.74) is 0.834. The van der Waals surface area contributed by atoms with E-state index in [2.05, 4.69) is 29.2 Å². The molecule has 1 aromatic rings. The van der Waals surface area contributed by atoms with Crippen molar-refractivity contribution >= 4 is 6.09 Å². The van der Waals surface area contributed by atoms with Crippen LogP contribution in [0.4, 0.5) is 4.79 Å². The van der Waals surface area contributed by atoms with Gasteiger partial charge in [0.25, 0.3) is 0 Å². The molecular weight excluding hydrogens is 232 g/mol. The molecule has 6 heteroatoms. The van der Waals surface area contributed by atoms with E-state index in [4.69, 9.17) is 4.74 Å². The highest BCUT2D eigenvalue weighted by molar-refractivity contribution is 5.70. The summed E-state index contributed by atoms with van der Waals surface area (Å²) in [6, 6.07) is 2.45. The fourth-order valence-electron chi connectivity index (χ4n) is 2.65. The van der Waals surface area contributed by atoms with Gasteiger partial charge < -0.3 is 10.1 Å². The van der Waals surface area contributed by atoms with Crippen LogP contribution in [-0.4, -0.2) is 45.5 Å². The Bertz CT molecular complexity index is 470. The number of cyclic esters (lactones) is 1. The average Bonchev–Trinajstić information content (AvgIpc) is 2.83. The largest absolute Gasteiger partial charge is 0.447 e. The topological polar surface area (TPSA) is 59.4 Å². The second kappa shape index (κ2) is 3.98. The summed E-state index contributed by atoms with van der Waals surface area (Å²) < 4.78 is 7.07. The number of hydrogen-bond acceptors (Lipinski definition) is 4. The van der Waals surface area contributed by atoms with Crippen molar-refractivity contribution in [2.45, 2.75) is 38.5 Å². The van der Waals surface area contributed by atoms with Crippen molar-refractivity contribution in [2.75, 3.05) is 13.2 Å². The standard InChI is InChI=1S/C12H18N4O2/c1-9(2)15-5-10-3-4-13-16(10)7-12(6-15)8-18-11(17)14-12/h3-4,9H,5-8H2,1-2H3,(H,14,17). The SMILES string of the molecule is CC(C)N1Cc2ccnn2CC2(COC(=O)N2)C1. The molecule has 3 rings (SSSR count). The summed E-state index contributed by atoms with van der Waals surface area (Å²) >= 11 is 0. The number of aromatic nitrogens is 2. The smallest absolute Gasteiger partial charge is 0.407 e. The lowest BCUT2D eigenvalue weighted by molar-refractivity contribution is 0.134. The molecule has 2 aliphatic heterocycles. The third-order valence-corrected chi connectivity index (χ3v) is 3.70. The first kappa shape index (κ1) is 11.5. The number of amides is 1. The number of ether oxygens (including phenoxy) is 1. The summed E-state index contributed by atoms with van der Waals surface area (Å²) in [5, 5.41) is 7.30. The van der Waals surface area contributed by atoms with Gasteiger partial charge >= 0.3 is 6.09 Å². The average molecular weight is 250 g/mol. The number of fused-ring (bicyclic) bond motifs is 1. The minimum absolute atomic E-state index is 0.325. The van der Waals surface area contributed by atoms with Gasteiger partial charge in [-0.05, 0) is 19.9 Å². The van der Waals surface area contributed by atoms with Crippen molar-refractivity contribution < 1.29 is 9.53 Å². The minimum Gasteiger partial charge on any atom is -0.447 e. The molecular formula is C12H18N4O2. The van der Waals surface area contributed by atoms with Crippen LogP contribution in [-0.2, 0) is 17.8 Å². The van der Waals surface area contributed by atoms with Crippen molar-refractivity contribution in [3.63, 3.8) is 0 Å². The van der Waals surface area contributed by atoms with Gasteiger partial charge in [0.1, 0.15) is 12.1 Å². The molecule has 3 heterocycles. The van der Waals surface area contributed by atoms with Crippen molar-refractivity contribution in [3.05, 3.63) is 18.0 Å². The second-order valence-electron chi connectivity index (χ2n) is 5.46. The molecule has 98 valence electrons. The zero-order valence-corrected chi connectivity index (χ0v) is 10.7. The predicted molar refractivity (Wildman–Crippen MR) is 65.0 cm³/mol. The number of nitrogens with zero attached hydrogens (tertiary/aromatic N) is 3. The lowest BCUT2D eigenvalue weighted by atomic mass is 10.0. The fourth-order valence-corrected chi connectivity index (χ4v) is 2.65.